The number of nitrogens with zero attached hydrogens (tertiary/aromatic N) is 2. The highest BCUT2D eigenvalue weighted by Crippen LogP contribution is 2.27. The third-order valence-corrected chi connectivity index (χ3v) is 2.51. The van der Waals surface area contributed by atoms with Crippen LogP contribution in [-0.4, -0.2) is 15.7 Å². The molecule has 1 aromatic heterocycles. The maximum Gasteiger partial charge on any atom is 0.435 e. The molecule has 1 aromatic carbocycles. The van der Waals surface area contributed by atoms with Crippen molar-refractivity contribution in [2.45, 2.75) is 12.7 Å². The fraction of sp³-hybridized carbons (Fsp3) is 0.167. The lowest BCUT2D eigenvalue weighted by Gasteiger charge is -2.04. The Bertz CT molecular complexity index is 587. The standard InChI is InChI=1S/C12H10F3N3O/c13-12(14,15)10-5-6-18(17-10)7-8-1-3-9(4-2-8)11(16)19/h1-6H,7H2,(H2,16,19). The van der Waals surface area contributed by atoms with Gasteiger partial charge in [-0.2, -0.15) is 18.3 Å². The van der Waals surface area contributed by atoms with Crippen LogP contribution in [0.25, 0.3) is 0 Å². The average Bonchev–Trinajstić information content (AvgIpc) is 2.78. The third-order valence-electron chi connectivity index (χ3n) is 2.51. The summed E-state index contributed by atoms with van der Waals surface area (Å²) in [6.45, 7) is 0.190. The predicted octanol–water partition coefficient (Wildman–Crippen LogP) is 2.05. The van der Waals surface area contributed by atoms with Crippen molar-refractivity contribution in [2.75, 3.05) is 0 Å². The van der Waals surface area contributed by atoms with E-state index >= 15 is 0 Å². The topological polar surface area (TPSA) is 60.9 Å². The number of amides is 1. The number of rotatable bonds is 3. The van der Waals surface area contributed by atoms with Crippen molar-refractivity contribution in [1.82, 2.24) is 9.78 Å². The smallest absolute Gasteiger partial charge is 0.366 e. The molecule has 0 unspecified atom stereocenters. The van der Waals surface area contributed by atoms with E-state index in [1.54, 1.807) is 12.1 Å². The first-order valence-corrected chi connectivity index (χ1v) is 5.35. The monoisotopic (exact) mass is 269 g/mol. The molecular weight excluding hydrogens is 259 g/mol. The largest absolute Gasteiger partial charge is 0.435 e. The Hall–Kier alpha value is -2.31. The SMILES string of the molecule is NC(=O)c1ccc(Cn2ccc(C(F)(F)F)n2)cc1. The lowest BCUT2D eigenvalue weighted by Crippen LogP contribution is -2.11. The summed E-state index contributed by atoms with van der Waals surface area (Å²) >= 11 is 0. The Morgan fingerprint density at radius 3 is 2.32 bits per heavy atom. The fourth-order valence-electron chi connectivity index (χ4n) is 1.56. The number of alkyl halides is 3. The zero-order chi connectivity index (χ0) is 14.0. The van der Waals surface area contributed by atoms with Crippen LogP contribution < -0.4 is 5.73 Å². The van der Waals surface area contributed by atoms with Crippen LogP contribution in [0.15, 0.2) is 36.5 Å². The third kappa shape index (κ3) is 3.12. The van der Waals surface area contributed by atoms with Crippen molar-refractivity contribution >= 4 is 5.91 Å². The van der Waals surface area contributed by atoms with Crippen LogP contribution in [0.3, 0.4) is 0 Å². The van der Waals surface area contributed by atoms with Gasteiger partial charge < -0.3 is 5.73 Å². The van der Waals surface area contributed by atoms with Crippen LogP contribution >= 0.6 is 0 Å². The summed E-state index contributed by atoms with van der Waals surface area (Å²) in [6.07, 6.45) is -3.19. The summed E-state index contributed by atoms with van der Waals surface area (Å²) in [6, 6.07) is 7.19. The second-order valence-corrected chi connectivity index (χ2v) is 3.96. The van der Waals surface area contributed by atoms with Crippen LogP contribution in [0, 0.1) is 0 Å². The molecule has 1 heterocycles. The van der Waals surface area contributed by atoms with Crippen LogP contribution in [0.5, 0.6) is 0 Å². The molecule has 0 aliphatic heterocycles. The minimum absolute atomic E-state index is 0.190. The Morgan fingerprint density at radius 2 is 1.84 bits per heavy atom. The second-order valence-electron chi connectivity index (χ2n) is 3.96. The highest BCUT2D eigenvalue weighted by molar-refractivity contribution is 5.92. The number of carbonyl (C=O) groups excluding carboxylic acids is 1. The highest BCUT2D eigenvalue weighted by Gasteiger charge is 2.33. The molecule has 2 N–H and O–H groups in total. The number of hydrogen-bond donors (Lipinski definition) is 1. The maximum atomic E-state index is 12.4. The van der Waals surface area contributed by atoms with Gasteiger partial charge in [-0.25, -0.2) is 0 Å². The Kier molecular flexibility index (Phi) is 3.28. The quantitative estimate of drug-likeness (QED) is 0.927. The van der Waals surface area contributed by atoms with Crippen molar-refractivity contribution in [2.24, 2.45) is 5.73 Å². The summed E-state index contributed by atoms with van der Waals surface area (Å²) in [5.41, 5.74) is 5.23. The zero-order valence-electron chi connectivity index (χ0n) is 9.69. The predicted molar refractivity (Wildman–Crippen MR) is 61.3 cm³/mol. The fourth-order valence-corrected chi connectivity index (χ4v) is 1.56. The Balaban J connectivity index is 2.13. The number of nitrogens with two attached hydrogens (primary N) is 1. The lowest BCUT2D eigenvalue weighted by atomic mass is 10.1. The lowest BCUT2D eigenvalue weighted by molar-refractivity contribution is -0.141. The van der Waals surface area contributed by atoms with E-state index in [0.717, 1.165) is 11.6 Å². The van der Waals surface area contributed by atoms with E-state index in [1.165, 1.54) is 23.0 Å². The van der Waals surface area contributed by atoms with Gasteiger partial charge in [0.05, 0.1) is 6.54 Å². The molecule has 0 atom stereocenters. The zero-order valence-corrected chi connectivity index (χ0v) is 9.69. The maximum absolute atomic E-state index is 12.4. The molecule has 4 nitrogen and oxygen atoms in total. The van der Waals surface area contributed by atoms with Gasteiger partial charge in [0, 0.05) is 11.8 Å². The molecule has 0 aliphatic rings. The van der Waals surface area contributed by atoms with E-state index in [0.29, 0.717) is 5.56 Å². The van der Waals surface area contributed by atoms with Crippen LogP contribution in [0.1, 0.15) is 21.6 Å². The molecule has 0 saturated carbocycles. The van der Waals surface area contributed by atoms with Crippen LogP contribution in [0.4, 0.5) is 13.2 Å². The minimum Gasteiger partial charge on any atom is -0.366 e. The summed E-state index contributed by atoms with van der Waals surface area (Å²) < 4.78 is 38.2. The number of carbonyl (C=O) groups is 1. The summed E-state index contributed by atoms with van der Waals surface area (Å²) in [4.78, 5) is 10.9. The first-order valence-electron chi connectivity index (χ1n) is 5.35. The molecule has 2 rings (SSSR count). The summed E-state index contributed by atoms with van der Waals surface area (Å²) in [5.74, 6) is -0.551. The molecule has 0 radical (unpaired) electrons. The Labute approximate surface area is 106 Å². The van der Waals surface area contributed by atoms with Crippen molar-refractivity contribution in [3.05, 3.63) is 53.3 Å². The van der Waals surface area contributed by atoms with Crippen molar-refractivity contribution in [1.29, 1.82) is 0 Å². The van der Waals surface area contributed by atoms with Crippen LogP contribution in [0.2, 0.25) is 0 Å². The summed E-state index contributed by atoms with van der Waals surface area (Å²) in [5, 5.41) is 3.43. The van der Waals surface area contributed by atoms with Gasteiger partial charge in [0.15, 0.2) is 5.69 Å². The highest BCUT2D eigenvalue weighted by atomic mass is 19.4. The number of halogens is 3. The molecule has 100 valence electrons. The van der Waals surface area contributed by atoms with Gasteiger partial charge in [-0.05, 0) is 23.8 Å². The molecule has 1 amide bonds. The van der Waals surface area contributed by atoms with Crippen molar-refractivity contribution in [3.8, 4) is 0 Å². The van der Waals surface area contributed by atoms with Crippen LogP contribution in [-0.2, 0) is 12.7 Å². The summed E-state index contributed by atoms with van der Waals surface area (Å²) in [7, 11) is 0. The van der Waals surface area contributed by atoms with Gasteiger partial charge in [-0.3, -0.25) is 9.48 Å². The van der Waals surface area contributed by atoms with E-state index in [2.05, 4.69) is 5.10 Å². The van der Waals surface area contributed by atoms with Crippen molar-refractivity contribution < 1.29 is 18.0 Å². The van der Waals surface area contributed by atoms with E-state index in [4.69, 9.17) is 5.73 Å². The second kappa shape index (κ2) is 4.75. The Morgan fingerprint density at radius 1 is 1.21 bits per heavy atom. The molecule has 0 saturated heterocycles. The van der Waals surface area contributed by atoms with E-state index in [1.807, 2.05) is 0 Å². The molecule has 0 fully saturated rings. The average molecular weight is 269 g/mol. The van der Waals surface area contributed by atoms with E-state index in [-0.39, 0.29) is 6.54 Å². The van der Waals surface area contributed by atoms with Gasteiger partial charge >= 0.3 is 6.18 Å². The number of hydrogen-bond acceptors (Lipinski definition) is 2. The van der Waals surface area contributed by atoms with Gasteiger partial charge in [0.25, 0.3) is 0 Å². The van der Waals surface area contributed by atoms with Gasteiger partial charge in [-0.15, -0.1) is 0 Å². The molecule has 2 aromatic rings. The van der Waals surface area contributed by atoms with Gasteiger partial charge in [0.2, 0.25) is 5.91 Å². The molecular formula is C12H10F3N3O. The number of benzene rings is 1. The van der Waals surface area contributed by atoms with Gasteiger partial charge in [-0.1, -0.05) is 12.1 Å². The van der Waals surface area contributed by atoms with Gasteiger partial charge in [0.1, 0.15) is 0 Å². The van der Waals surface area contributed by atoms with E-state index < -0.39 is 17.8 Å². The number of primary amides is 1. The van der Waals surface area contributed by atoms with Crippen molar-refractivity contribution in [3.63, 3.8) is 0 Å². The molecule has 0 aliphatic carbocycles. The first kappa shape index (κ1) is 13.1. The minimum atomic E-state index is -4.44. The number of aromatic nitrogens is 2. The molecule has 0 bridgehead atoms. The normalized spacial score (nSPS) is 11.5. The van der Waals surface area contributed by atoms with E-state index in [9.17, 15) is 18.0 Å². The molecule has 0 spiro atoms. The molecule has 19 heavy (non-hydrogen) atoms. The molecule has 7 heteroatoms. The first-order chi connectivity index (χ1) is 8.86.